The van der Waals surface area contributed by atoms with Gasteiger partial charge in [0, 0.05) is 11.6 Å². The zero-order valence-electron chi connectivity index (χ0n) is 15.1. The Bertz CT molecular complexity index is 1240. The van der Waals surface area contributed by atoms with Crippen molar-refractivity contribution in [2.75, 3.05) is 12.4 Å². The number of anilines is 1. The Labute approximate surface area is 158 Å². The zero-order chi connectivity index (χ0) is 19.7. The predicted octanol–water partition coefficient (Wildman–Crippen LogP) is 3.41. The summed E-state index contributed by atoms with van der Waals surface area (Å²) in [6.45, 7) is 1.88. The molecule has 1 amide bonds. The lowest BCUT2D eigenvalue weighted by atomic mass is 10.1. The number of amides is 1. The number of carbonyl (C=O) groups excluding carboxylic acids is 1. The van der Waals surface area contributed by atoms with Crippen molar-refractivity contribution >= 4 is 22.7 Å². The van der Waals surface area contributed by atoms with Crippen LogP contribution in [0.4, 0.5) is 5.82 Å². The molecule has 0 spiro atoms. The average molecular weight is 377 g/mol. The van der Waals surface area contributed by atoms with Crippen LogP contribution >= 0.6 is 0 Å². The van der Waals surface area contributed by atoms with Gasteiger partial charge in [0.1, 0.15) is 11.3 Å². The summed E-state index contributed by atoms with van der Waals surface area (Å²) < 4.78 is 15.5. The highest BCUT2D eigenvalue weighted by Crippen LogP contribution is 2.30. The van der Waals surface area contributed by atoms with Crippen molar-refractivity contribution in [1.82, 2.24) is 10.3 Å². The Morgan fingerprint density at radius 3 is 2.71 bits per heavy atom. The van der Waals surface area contributed by atoms with Gasteiger partial charge < -0.3 is 9.15 Å². The van der Waals surface area contributed by atoms with Crippen LogP contribution in [-0.4, -0.2) is 23.3 Å². The lowest BCUT2D eigenvalue weighted by molar-refractivity contribution is 0.0996. The maximum atomic E-state index is 12.6. The topological polar surface area (TPSA) is 107 Å². The summed E-state index contributed by atoms with van der Waals surface area (Å²) in [4.78, 5) is 24.8. The fourth-order valence-corrected chi connectivity index (χ4v) is 2.86. The van der Waals surface area contributed by atoms with Crippen molar-refractivity contribution in [3.8, 4) is 17.0 Å². The van der Waals surface area contributed by atoms with Crippen molar-refractivity contribution in [3.63, 3.8) is 0 Å². The number of nitrogens with zero attached hydrogens (tertiary/aromatic N) is 2. The molecule has 0 atom stereocenters. The Morgan fingerprint density at radius 2 is 1.93 bits per heavy atom. The summed E-state index contributed by atoms with van der Waals surface area (Å²) in [6.07, 6.45) is 0. The van der Waals surface area contributed by atoms with E-state index in [-0.39, 0.29) is 17.0 Å². The number of aromatic nitrogens is 2. The first-order valence-electron chi connectivity index (χ1n) is 8.38. The van der Waals surface area contributed by atoms with E-state index in [2.05, 4.69) is 15.6 Å². The van der Waals surface area contributed by atoms with Gasteiger partial charge in [-0.3, -0.25) is 14.9 Å². The standard InChI is InChI=1S/C20H15N3O5/c1-11-9-12(26-2)7-8-13(11)18-19(23-28-22-18)21-20(25)17-10-15(24)14-5-3-4-6-16(14)27-17/h3-10H,1-2H3,(H,21,23,25). The second-order valence-electron chi connectivity index (χ2n) is 6.07. The summed E-state index contributed by atoms with van der Waals surface area (Å²) in [5.74, 6) is 0.0466. The van der Waals surface area contributed by atoms with Crippen LogP contribution in [0.2, 0.25) is 0 Å². The highest BCUT2D eigenvalue weighted by atomic mass is 16.6. The van der Waals surface area contributed by atoms with Crippen LogP contribution in [0.25, 0.3) is 22.2 Å². The van der Waals surface area contributed by atoms with Gasteiger partial charge in [0.05, 0.1) is 12.5 Å². The molecule has 0 aliphatic rings. The zero-order valence-corrected chi connectivity index (χ0v) is 15.1. The van der Waals surface area contributed by atoms with Gasteiger partial charge in [0.2, 0.25) is 5.82 Å². The number of nitrogens with one attached hydrogen (secondary N) is 1. The first-order valence-corrected chi connectivity index (χ1v) is 8.38. The number of rotatable bonds is 4. The second-order valence-corrected chi connectivity index (χ2v) is 6.07. The van der Waals surface area contributed by atoms with Gasteiger partial charge in [-0.05, 0) is 53.1 Å². The molecule has 0 saturated carbocycles. The van der Waals surface area contributed by atoms with E-state index in [0.29, 0.717) is 22.4 Å². The Hall–Kier alpha value is -3.94. The van der Waals surface area contributed by atoms with E-state index >= 15 is 0 Å². The van der Waals surface area contributed by atoms with E-state index in [1.165, 1.54) is 0 Å². The number of methoxy groups -OCH3 is 1. The van der Waals surface area contributed by atoms with E-state index in [4.69, 9.17) is 13.8 Å². The van der Waals surface area contributed by atoms with Crippen LogP contribution in [0.15, 0.2) is 62.4 Å². The summed E-state index contributed by atoms with van der Waals surface area (Å²) >= 11 is 0. The highest BCUT2D eigenvalue weighted by Gasteiger charge is 2.20. The molecular formula is C20H15N3O5. The molecule has 4 rings (SSSR count). The van der Waals surface area contributed by atoms with E-state index in [1.807, 2.05) is 13.0 Å². The number of para-hydroxylation sites is 1. The van der Waals surface area contributed by atoms with Crippen LogP contribution in [0.5, 0.6) is 5.75 Å². The molecule has 0 unspecified atom stereocenters. The Morgan fingerprint density at radius 1 is 1.11 bits per heavy atom. The quantitative estimate of drug-likeness (QED) is 0.580. The SMILES string of the molecule is COc1ccc(-c2nonc2NC(=O)c2cc(=O)c3ccccc3o2)c(C)c1. The smallest absolute Gasteiger partial charge is 0.292 e. The molecule has 2 heterocycles. The van der Waals surface area contributed by atoms with Gasteiger partial charge in [-0.15, -0.1) is 0 Å². The Kier molecular flexibility index (Phi) is 4.36. The first kappa shape index (κ1) is 17.5. The second kappa shape index (κ2) is 6.99. The van der Waals surface area contributed by atoms with E-state index < -0.39 is 5.91 Å². The molecule has 0 radical (unpaired) electrons. The molecule has 140 valence electrons. The lowest BCUT2D eigenvalue weighted by Crippen LogP contribution is -2.15. The summed E-state index contributed by atoms with van der Waals surface area (Å²) in [5, 5.41) is 10.6. The van der Waals surface area contributed by atoms with Crippen LogP contribution in [0, 0.1) is 6.92 Å². The minimum atomic E-state index is -0.633. The van der Waals surface area contributed by atoms with E-state index in [1.54, 1.807) is 43.5 Å². The van der Waals surface area contributed by atoms with Crippen molar-refractivity contribution in [3.05, 3.63) is 70.1 Å². The number of hydrogen-bond donors (Lipinski definition) is 1. The van der Waals surface area contributed by atoms with Crippen molar-refractivity contribution < 1.29 is 18.6 Å². The largest absolute Gasteiger partial charge is 0.497 e. The van der Waals surface area contributed by atoms with Gasteiger partial charge in [-0.1, -0.05) is 12.1 Å². The van der Waals surface area contributed by atoms with Crippen molar-refractivity contribution in [2.24, 2.45) is 0 Å². The van der Waals surface area contributed by atoms with Crippen LogP contribution in [0.3, 0.4) is 0 Å². The number of aryl methyl sites for hydroxylation is 1. The van der Waals surface area contributed by atoms with Gasteiger partial charge in [-0.2, -0.15) is 0 Å². The third-order valence-corrected chi connectivity index (χ3v) is 4.27. The third-order valence-electron chi connectivity index (χ3n) is 4.27. The molecule has 4 aromatic rings. The fraction of sp³-hybridized carbons (Fsp3) is 0.100. The normalized spacial score (nSPS) is 10.8. The molecular weight excluding hydrogens is 362 g/mol. The molecule has 0 saturated heterocycles. The number of hydrogen-bond acceptors (Lipinski definition) is 7. The van der Waals surface area contributed by atoms with E-state index in [0.717, 1.165) is 17.2 Å². The maximum absolute atomic E-state index is 12.6. The van der Waals surface area contributed by atoms with Gasteiger partial charge in [0.25, 0.3) is 5.91 Å². The number of fused-ring (bicyclic) bond motifs is 1. The van der Waals surface area contributed by atoms with Crippen LogP contribution in [0.1, 0.15) is 16.1 Å². The molecule has 28 heavy (non-hydrogen) atoms. The minimum Gasteiger partial charge on any atom is -0.497 e. The predicted molar refractivity (Wildman–Crippen MR) is 101 cm³/mol. The molecule has 2 aromatic heterocycles. The highest BCUT2D eigenvalue weighted by molar-refractivity contribution is 6.04. The molecule has 0 fully saturated rings. The van der Waals surface area contributed by atoms with Gasteiger partial charge >= 0.3 is 0 Å². The number of carbonyl (C=O) groups is 1. The van der Waals surface area contributed by atoms with Crippen molar-refractivity contribution in [1.29, 1.82) is 0 Å². The van der Waals surface area contributed by atoms with Gasteiger partial charge in [0.15, 0.2) is 16.9 Å². The summed E-state index contributed by atoms with van der Waals surface area (Å²) in [6, 6.07) is 13.2. The van der Waals surface area contributed by atoms with E-state index in [9.17, 15) is 9.59 Å². The molecule has 8 nitrogen and oxygen atoms in total. The molecule has 0 bridgehead atoms. The Balaban J connectivity index is 1.67. The molecule has 2 aromatic carbocycles. The molecule has 0 aliphatic heterocycles. The van der Waals surface area contributed by atoms with Crippen LogP contribution in [-0.2, 0) is 0 Å². The summed E-state index contributed by atoms with van der Waals surface area (Å²) in [7, 11) is 1.58. The molecule has 1 N–H and O–H groups in total. The third kappa shape index (κ3) is 3.11. The van der Waals surface area contributed by atoms with Crippen molar-refractivity contribution in [2.45, 2.75) is 6.92 Å². The molecule has 0 aliphatic carbocycles. The number of benzene rings is 2. The minimum absolute atomic E-state index is 0.120. The monoisotopic (exact) mass is 377 g/mol. The number of ether oxygens (including phenoxy) is 1. The fourth-order valence-electron chi connectivity index (χ4n) is 2.86. The first-order chi connectivity index (χ1) is 13.6. The van der Waals surface area contributed by atoms with Gasteiger partial charge in [-0.25, -0.2) is 4.63 Å². The van der Waals surface area contributed by atoms with Crippen LogP contribution < -0.4 is 15.5 Å². The molecule has 8 heteroatoms. The average Bonchev–Trinajstić information content (AvgIpc) is 3.15. The maximum Gasteiger partial charge on any atom is 0.292 e. The lowest BCUT2D eigenvalue weighted by Gasteiger charge is -2.07. The summed E-state index contributed by atoms with van der Waals surface area (Å²) in [5.41, 5.74) is 1.96.